The van der Waals surface area contributed by atoms with Crippen LogP contribution in [0.4, 0.5) is 5.69 Å². The highest BCUT2D eigenvalue weighted by atomic mass is 32.2. The fourth-order valence-electron chi connectivity index (χ4n) is 1.37. The predicted octanol–water partition coefficient (Wildman–Crippen LogP) is 4.27. The summed E-state index contributed by atoms with van der Waals surface area (Å²) in [4.78, 5) is 0. The number of nitrogens with one attached hydrogen (secondary N) is 1. The standard InChI is InChI=1S/C14H23NS/c1-3-13(2)12-16-11-7-10-15-14-8-5-4-6-9-14/h4-6,8-9,13,15H,3,7,10-12H2,1-2H3. The Labute approximate surface area is 104 Å². The first kappa shape index (κ1) is 13.4. The van der Waals surface area contributed by atoms with Crippen LogP contribution in [0.25, 0.3) is 0 Å². The van der Waals surface area contributed by atoms with Crippen LogP contribution in [-0.2, 0) is 0 Å². The lowest BCUT2D eigenvalue weighted by Crippen LogP contribution is -2.03. The van der Waals surface area contributed by atoms with Gasteiger partial charge in [0.1, 0.15) is 0 Å². The minimum Gasteiger partial charge on any atom is -0.385 e. The zero-order valence-corrected chi connectivity index (χ0v) is 11.2. The summed E-state index contributed by atoms with van der Waals surface area (Å²) < 4.78 is 0. The van der Waals surface area contributed by atoms with Gasteiger partial charge in [0.15, 0.2) is 0 Å². The lowest BCUT2D eigenvalue weighted by Gasteiger charge is -2.08. The summed E-state index contributed by atoms with van der Waals surface area (Å²) in [7, 11) is 0. The lowest BCUT2D eigenvalue weighted by atomic mass is 10.2. The van der Waals surface area contributed by atoms with Gasteiger partial charge in [-0.15, -0.1) is 0 Å². The van der Waals surface area contributed by atoms with Crippen molar-refractivity contribution in [1.82, 2.24) is 0 Å². The second kappa shape index (κ2) is 8.51. The average molecular weight is 237 g/mol. The van der Waals surface area contributed by atoms with Crippen LogP contribution in [0.15, 0.2) is 30.3 Å². The topological polar surface area (TPSA) is 12.0 Å². The van der Waals surface area contributed by atoms with Gasteiger partial charge in [0.25, 0.3) is 0 Å². The molecule has 0 aliphatic rings. The molecule has 0 bridgehead atoms. The summed E-state index contributed by atoms with van der Waals surface area (Å²) >= 11 is 2.08. The van der Waals surface area contributed by atoms with Crippen LogP contribution in [0, 0.1) is 5.92 Å². The van der Waals surface area contributed by atoms with E-state index in [1.807, 2.05) is 6.07 Å². The molecule has 0 fully saturated rings. The molecule has 1 atom stereocenters. The van der Waals surface area contributed by atoms with Gasteiger partial charge in [-0.1, -0.05) is 38.5 Å². The van der Waals surface area contributed by atoms with Gasteiger partial charge in [-0.3, -0.25) is 0 Å². The van der Waals surface area contributed by atoms with Crippen molar-refractivity contribution in [1.29, 1.82) is 0 Å². The van der Waals surface area contributed by atoms with Crippen LogP contribution in [0.2, 0.25) is 0 Å². The normalized spacial score (nSPS) is 12.4. The first-order valence-corrected chi connectivity index (χ1v) is 7.35. The van der Waals surface area contributed by atoms with Crippen LogP contribution in [0.1, 0.15) is 26.7 Å². The van der Waals surface area contributed by atoms with Crippen molar-refractivity contribution >= 4 is 17.4 Å². The Morgan fingerprint density at radius 1 is 1.25 bits per heavy atom. The van der Waals surface area contributed by atoms with E-state index in [0.717, 1.165) is 12.5 Å². The van der Waals surface area contributed by atoms with Crippen LogP contribution in [0.3, 0.4) is 0 Å². The number of hydrogen-bond acceptors (Lipinski definition) is 2. The molecule has 1 N–H and O–H groups in total. The van der Waals surface area contributed by atoms with Gasteiger partial charge in [-0.25, -0.2) is 0 Å². The van der Waals surface area contributed by atoms with Crippen molar-refractivity contribution in [2.24, 2.45) is 5.92 Å². The maximum absolute atomic E-state index is 3.43. The summed E-state index contributed by atoms with van der Waals surface area (Å²) in [6.45, 7) is 5.68. The van der Waals surface area contributed by atoms with E-state index < -0.39 is 0 Å². The molecule has 1 rings (SSSR count). The van der Waals surface area contributed by atoms with Gasteiger partial charge in [0.05, 0.1) is 0 Å². The number of para-hydroxylation sites is 1. The quantitative estimate of drug-likeness (QED) is 0.678. The summed E-state index contributed by atoms with van der Waals surface area (Å²) in [5.74, 6) is 3.44. The third-order valence-corrected chi connectivity index (χ3v) is 4.05. The van der Waals surface area contributed by atoms with E-state index in [9.17, 15) is 0 Å². The third-order valence-electron chi connectivity index (χ3n) is 2.67. The monoisotopic (exact) mass is 237 g/mol. The number of hydrogen-bond donors (Lipinski definition) is 1. The molecule has 0 aliphatic heterocycles. The number of anilines is 1. The third kappa shape index (κ3) is 6.06. The zero-order valence-electron chi connectivity index (χ0n) is 10.4. The van der Waals surface area contributed by atoms with Gasteiger partial charge >= 0.3 is 0 Å². The summed E-state index contributed by atoms with van der Waals surface area (Å²) in [6.07, 6.45) is 2.55. The van der Waals surface area contributed by atoms with Gasteiger partial charge in [-0.2, -0.15) is 11.8 Å². The van der Waals surface area contributed by atoms with Crippen LogP contribution >= 0.6 is 11.8 Å². The highest BCUT2D eigenvalue weighted by Crippen LogP contribution is 2.12. The SMILES string of the molecule is CCC(C)CSCCCNc1ccccc1. The maximum Gasteiger partial charge on any atom is 0.0340 e. The van der Waals surface area contributed by atoms with E-state index in [4.69, 9.17) is 0 Å². The fraction of sp³-hybridized carbons (Fsp3) is 0.571. The van der Waals surface area contributed by atoms with E-state index in [1.165, 1.54) is 30.0 Å². The van der Waals surface area contributed by atoms with E-state index in [-0.39, 0.29) is 0 Å². The molecule has 0 spiro atoms. The number of rotatable bonds is 8. The van der Waals surface area contributed by atoms with E-state index >= 15 is 0 Å². The molecule has 1 unspecified atom stereocenters. The molecule has 0 heterocycles. The van der Waals surface area contributed by atoms with Crippen molar-refractivity contribution in [3.05, 3.63) is 30.3 Å². The Hall–Kier alpha value is -0.630. The minimum atomic E-state index is 0.868. The lowest BCUT2D eigenvalue weighted by molar-refractivity contribution is 0.636. The predicted molar refractivity (Wildman–Crippen MR) is 76.3 cm³/mol. The molecule has 1 aromatic rings. The molecule has 90 valence electrons. The Kier molecular flexibility index (Phi) is 7.15. The Morgan fingerprint density at radius 3 is 2.69 bits per heavy atom. The van der Waals surface area contributed by atoms with E-state index in [1.54, 1.807) is 0 Å². The van der Waals surface area contributed by atoms with Gasteiger partial charge in [0.2, 0.25) is 0 Å². The van der Waals surface area contributed by atoms with Gasteiger partial charge < -0.3 is 5.32 Å². The van der Waals surface area contributed by atoms with Gasteiger partial charge in [-0.05, 0) is 36.0 Å². The number of benzene rings is 1. The van der Waals surface area contributed by atoms with Crippen molar-refractivity contribution in [3.63, 3.8) is 0 Å². The molecule has 1 aromatic carbocycles. The van der Waals surface area contributed by atoms with E-state index in [0.29, 0.717) is 0 Å². The average Bonchev–Trinajstić information content (AvgIpc) is 2.34. The number of thioether (sulfide) groups is 1. The summed E-state index contributed by atoms with van der Waals surface area (Å²) in [6, 6.07) is 10.4. The molecule has 0 radical (unpaired) electrons. The van der Waals surface area contributed by atoms with Crippen LogP contribution in [-0.4, -0.2) is 18.1 Å². The Bertz CT molecular complexity index is 261. The van der Waals surface area contributed by atoms with Gasteiger partial charge in [0, 0.05) is 12.2 Å². The Morgan fingerprint density at radius 2 is 2.00 bits per heavy atom. The van der Waals surface area contributed by atoms with Crippen molar-refractivity contribution in [3.8, 4) is 0 Å². The van der Waals surface area contributed by atoms with Crippen LogP contribution in [0.5, 0.6) is 0 Å². The smallest absolute Gasteiger partial charge is 0.0340 e. The highest BCUT2D eigenvalue weighted by molar-refractivity contribution is 7.99. The maximum atomic E-state index is 3.43. The molecule has 0 aromatic heterocycles. The molecular formula is C14H23NS. The second-order valence-electron chi connectivity index (χ2n) is 4.23. The molecule has 0 amide bonds. The van der Waals surface area contributed by atoms with Crippen molar-refractivity contribution in [2.45, 2.75) is 26.7 Å². The van der Waals surface area contributed by atoms with E-state index in [2.05, 4.69) is 55.2 Å². The minimum absolute atomic E-state index is 0.868. The molecule has 0 aliphatic carbocycles. The first-order valence-electron chi connectivity index (χ1n) is 6.19. The molecule has 0 saturated heterocycles. The fourth-order valence-corrected chi connectivity index (χ4v) is 2.52. The largest absolute Gasteiger partial charge is 0.385 e. The van der Waals surface area contributed by atoms with Crippen LogP contribution < -0.4 is 5.32 Å². The zero-order chi connectivity index (χ0) is 11.6. The molecule has 2 heteroatoms. The summed E-state index contributed by atoms with van der Waals surface area (Å²) in [5.41, 5.74) is 1.23. The second-order valence-corrected chi connectivity index (χ2v) is 5.38. The van der Waals surface area contributed by atoms with Crippen molar-refractivity contribution in [2.75, 3.05) is 23.4 Å². The molecule has 0 saturated carbocycles. The molecule has 16 heavy (non-hydrogen) atoms. The Balaban J connectivity index is 1.96. The summed E-state index contributed by atoms with van der Waals surface area (Å²) in [5, 5.41) is 3.43. The highest BCUT2D eigenvalue weighted by Gasteiger charge is 1.98. The molecule has 1 nitrogen and oxygen atoms in total. The van der Waals surface area contributed by atoms with Crippen molar-refractivity contribution < 1.29 is 0 Å². The molecular weight excluding hydrogens is 214 g/mol. The first-order chi connectivity index (χ1) is 7.83.